The zero-order valence-electron chi connectivity index (χ0n) is 9.61. The Morgan fingerprint density at radius 3 is 2.47 bits per heavy atom. The first kappa shape index (κ1) is 14.4. The number of carbonyl (C=O) groups is 1. The molecule has 0 aromatic heterocycles. The van der Waals surface area contributed by atoms with Crippen LogP contribution in [0.5, 0.6) is 0 Å². The molecule has 0 fully saturated rings. The van der Waals surface area contributed by atoms with Gasteiger partial charge in [-0.1, -0.05) is 13.3 Å². The van der Waals surface area contributed by atoms with Crippen molar-refractivity contribution >= 4 is 5.97 Å². The van der Waals surface area contributed by atoms with E-state index in [1.54, 1.807) is 0 Å². The van der Waals surface area contributed by atoms with Crippen LogP contribution in [-0.2, 0) is 9.53 Å². The lowest BCUT2D eigenvalue weighted by molar-refractivity contribution is -0.152. The van der Waals surface area contributed by atoms with Gasteiger partial charge in [0.2, 0.25) is 0 Å². The molecule has 0 aromatic carbocycles. The Labute approximate surface area is 91.3 Å². The molecule has 90 valence electrons. The lowest BCUT2D eigenvalue weighted by Gasteiger charge is -2.09. The minimum absolute atomic E-state index is 0.234. The molecule has 0 spiro atoms. The minimum Gasteiger partial charge on any atom is -0.464 e. The number of hydrogen-bond donors (Lipinski definition) is 2. The van der Waals surface area contributed by atoms with Crippen molar-refractivity contribution in [1.29, 1.82) is 0 Å². The Bertz CT molecular complexity index is 168. The van der Waals surface area contributed by atoms with Crippen molar-refractivity contribution in [2.24, 2.45) is 0 Å². The van der Waals surface area contributed by atoms with Crippen molar-refractivity contribution in [1.82, 2.24) is 0 Å². The maximum Gasteiger partial charge on any atom is 0.334 e. The molecule has 4 heteroatoms. The predicted molar refractivity (Wildman–Crippen MR) is 57.4 cm³/mol. The van der Waals surface area contributed by atoms with Crippen LogP contribution in [-0.4, -0.2) is 35.0 Å². The number of aliphatic hydroxyl groups is 2. The van der Waals surface area contributed by atoms with Crippen molar-refractivity contribution in [3.8, 4) is 0 Å². The first-order valence-corrected chi connectivity index (χ1v) is 5.60. The topological polar surface area (TPSA) is 66.8 Å². The first-order valence-electron chi connectivity index (χ1n) is 5.60. The van der Waals surface area contributed by atoms with E-state index < -0.39 is 12.1 Å². The summed E-state index contributed by atoms with van der Waals surface area (Å²) in [4.78, 5) is 10.8. The van der Waals surface area contributed by atoms with E-state index in [-0.39, 0.29) is 6.10 Å². The monoisotopic (exact) mass is 218 g/mol. The molecule has 0 saturated carbocycles. The Morgan fingerprint density at radius 1 is 1.27 bits per heavy atom. The van der Waals surface area contributed by atoms with Crippen LogP contribution in [0.1, 0.15) is 46.0 Å². The van der Waals surface area contributed by atoms with E-state index in [9.17, 15) is 9.90 Å². The molecule has 0 amide bonds. The van der Waals surface area contributed by atoms with E-state index in [1.807, 2.05) is 6.92 Å². The quantitative estimate of drug-likeness (QED) is 0.475. The highest BCUT2D eigenvalue weighted by Crippen LogP contribution is 2.06. The summed E-state index contributed by atoms with van der Waals surface area (Å²) < 4.78 is 4.77. The largest absolute Gasteiger partial charge is 0.464 e. The highest BCUT2D eigenvalue weighted by Gasteiger charge is 2.09. The number of carbonyl (C=O) groups excluding carboxylic acids is 1. The van der Waals surface area contributed by atoms with E-state index in [2.05, 4.69) is 0 Å². The SMILES string of the molecule is CCCC(O)CCCCOC(=O)C(C)O. The summed E-state index contributed by atoms with van der Waals surface area (Å²) in [5, 5.41) is 18.2. The third-order valence-electron chi connectivity index (χ3n) is 2.14. The van der Waals surface area contributed by atoms with Crippen LogP contribution < -0.4 is 0 Å². The molecule has 4 nitrogen and oxygen atoms in total. The van der Waals surface area contributed by atoms with Crippen LogP contribution in [0.3, 0.4) is 0 Å². The number of rotatable bonds is 8. The number of unbranched alkanes of at least 4 members (excludes halogenated alkanes) is 1. The normalized spacial score (nSPS) is 14.7. The Morgan fingerprint density at radius 2 is 1.93 bits per heavy atom. The maximum atomic E-state index is 10.8. The number of esters is 1. The molecule has 0 heterocycles. The highest BCUT2D eigenvalue weighted by atomic mass is 16.5. The molecule has 15 heavy (non-hydrogen) atoms. The van der Waals surface area contributed by atoms with E-state index in [4.69, 9.17) is 9.84 Å². The van der Waals surface area contributed by atoms with Crippen molar-refractivity contribution in [3.63, 3.8) is 0 Å². The maximum absolute atomic E-state index is 10.8. The second kappa shape index (κ2) is 8.68. The molecular weight excluding hydrogens is 196 g/mol. The van der Waals surface area contributed by atoms with Crippen LogP contribution in [0.25, 0.3) is 0 Å². The summed E-state index contributed by atoms with van der Waals surface area (Å²) in [5.74, 6) is -0.580. The van der Waals surface area contributed by atoms with Gasteiger partial charge in [0.25, 0.3) is 0 Å². The standard InChI is InChI=1S/C11H22O4/c1-3-6-10(13)7-4-5-8-15-11(14)9(2)12/h9-10,12-13H,3-8H2,1-2H3. The summed E-state index contributed by atoms with van der Waals surface area (Å²) in [5.41, 5.74) is 0. The van der Waals surface area contributed by atoms with Gasteiger partial charge in [0.1, 0.15) is 6.10 Å². The molecule has 0 aliphatic carbocycles. The summed E-state index contributed by atoms with van der Waals surface area (Å²) in [6.07, 6.45) is 2.86. The van der Waals surface area contributed by atoms with E-state index >= 15 is 0 Å². The molecule has 0 radical (unpaired) electrons. The Hall–Kier alpha value is -0.610. The van der Waals surface area contributed by atoms with Gasteiger partial charge in [-0.15, -0.1) is 0 Å². The van der Waals surface area contributed by atoms with Crippen LogP contribution in [0.15, 0.2) is 0 Å². The molecule has 0 bridgehead atoms. The molecule has 0 saturated heterocycles. The summed E-state index contributed by atoms with van der Waals surface area (Å²) in [6.45, 7) is 3.74. The molecule has 2 atom stereocenters. The fourth-order valence-corrected chi connectivity index (χ4v) is 1.25. The van der Waals surface area contributed by atoms with Gasteiger partial charge in [-0.25, -0.2) is 4.79 Å². The van der Waals surface area contributed by atoms with Gasteiger partial charge >= 0.3 is 5.97 Å². The average Bonchev–Trinajstić information content (AvgIpc) is 2.17. The van der Waals surface area contributed by atoms with Gasteiger partial charge in [0.05, 0.1) is 12.7 Å². The zero-order valence-corrected chi connectivity index (χ0v) is 9.61. The number of hydrogen-bond acceptors (Lipinski definition) is 4. The second-order valence-electron chi connectivity index (χ2n) is 3.78. The predicted octanol–water partition coefficient (Wildman–Crippen LogP) is 1.24. The van der Waals surface area contributed by atoms with E-state index in [0.717, 1.165) is 32.1 Å². The van der Waals surface area contributed by atoms with Gasteiger partial charge in [0, 0.05) is 0 Å². The van der Waals surface area contributed by atoms with Crippen LogP contribution in [0, 0.1) is 0 Å². The molecule has 0 aliphatic rings. The number of aliphatic hydroxyl groups excluding tert-OH is 2. The first-order chi connectivity index (χ1) is 7.07. The second-order valence-corrected chi connectivity index (χ2v) is 3.78. The van der Waals surface area contributed by atoms with Crippen molar-refractivity contribution in [2.75, 3.05) is 6.61 Å². The average molecular weight is 218 g/mol. The Balaban J connectivity index is 3.28. The molecule has 2 unspecified atom stereocenters. The van der Waals surface area contributed by atoms with Gasteiger partial charge in [-0.2, -0.15) is 0 Å². The van der Waals surface area contributed by atoms with E-state index in [0.29, 0.717) is 6.61 Å². The van der Waals surface area contributed by atoms with Gasteiger partial charge < -0.3 is 14.9 Å². The Kier molecular flexibility index (Phi) is 8.33. The lowest BCUT2D eigenvalue weighted by atomic mass is 10.1. The fourth-order valence-electron chi connectivity index (χ4n) is 1.25. The number of ether oxygens (including phenoxy) is 1. The molecule has 0 aromatic rings. The third-order valence-corrected chi connectivity index (χ3v) is 2.14. The summed E-state index contributed by atoms with van der Waals surface area (Å²) >= 11 is 0. The smallest absolute Gasteiger partial charge is 0.334 e. The van der Waals surface area contributed by atoms with Crippen LogP contribution in [0.4, 0.5) is 0 Å². The molecular formula is C11H22O4. The van der Waals surface area contributed by atoms with Crippen molar-refractivity contribution in [3.05, 3.63) is 0 Å². The summed E-state index contributed by atoms with van der Waals surface area (Å²) in [6, 6.07) is 0. The van der Waals surface area contributed by atoms with Crippen molar-refractivity contribution in [2.45, 2.75) is 58.2 Å². The zero-order chi connectivity index (χ0) is 11.7. The minimum atomic E-state index is -1.05. The van der Waals surface area contributed by atoms with Gasteiger partial charge in [-0.05, 0) is 32.6 Å². The highest BCUT2D eigenvalue weighted by molar-refractivity contribution is 5.73. The fraction of sp³-hybridized carbons (Fsp3) is 0.909. The summed E-state index contributed by atoms with van der Waals surface area (Å²) in [7, 11) is 0. The molecule has 0 rings (SSSR count). The van der Waals surface area contributed by atoms with Gasteiger partial charge in [0.15, 0.2) is 0 Å². The van der Waals surface area contributed by atoms with Gasteiger partial charge in [-0.3, -0.25) is 0 Å². The molecule has 0 aliphatic heterocycles. The van der Waals surface area contributed by atoms with Crippen LogP contribution in [0.2, 0.25) is 0 Å². The van der Waals surface area contributed by atoms with Crippen LogP contribution >= 0.6 is 0 Å². The van der Waals surface area contributed by atoms with E-state index in [1.165, 1.54) is 6.92 Å². The third kappa shape index (κ3) is 8.39. The van der Waals surface area contributed by atoms with Crippen molar-refractivity contribution < 1.29 is 19.7 Å². The molecule has 2 N–H and O–H groups in total. The lowest BCUT2D eigenvalue weighted by Crippen LogP contribution is -2.19.